The van der Waals surface area contributed by atoms with Gasteiger partial charge < -0.3 is 10.1 Å². The number of benzene rings is 1. The van der Waals surface area contributed by atoms with E-state index in [0.29, 0.717) is 6.04 Å². The highest BCUT2D eigenvalue weighted by molar-refractivity contribution is 5.45. The molecule has 1 aliphatic rings. The van der Waals surface area contributed by atoms with Crippen molar-refractivity contribution in [1.82, 2.24) is 0 Å². The van der Waals surface area contributed by atoms with Crippen LogP contribution in [0.15, 0.2) is 24.3 Å². The molecule has 82 valence electrons. The van der Waals surface area contributed by atoms with Crippen LogP contribution in [-0.4, -0.2) is 12.6 Å². The quantitative estimate of drug-likeness (QED) is 0.797. The molecule has 0 heterocycles. The van der Waals surface area contributed by atoms with E-state index in [1.165, 1.54) is 30.5 Å². The first kappa shape index (κ1) is 10.5. The van der Waals surface area contributed by atoms with Gasteiger partial charge >= 0.3 is 0 Å². The minimum Gasteiger partial charge on any atom is -0.382 e. The Morgan fingerprint density at radius 3 is 2.53 bits per heavy atom. The number of hydrogen-bond donors (Lipinski definition) is 1. The highest BCUT2D eigenvalue weighted by Gasteiger charge is 2.16. The van der Waals surface area contributed by atoms with Gasteiger partial charge in [0.25, 0.3) is 0 Å². The molecule has 0 unspecified atom stereocenters. The molecule has 1 aliphatic carbocycles. The van der Waals surface area contributed by atoms with Crippen LogP contribution >= 0.6 is 0 Å². The molecule has 0 aliphatic heterocycles. The van der Waals surface area contributed by atoms with Gasteiger partial charge in [0, 0.05) is 18.3 Å². The molecular weight excluding hydrogens is 186 g/mol. The smallest absolute Gasteiger partial charge is 0.0716 e. The minimum absolute atomic E-state index is 0.711. The Kier molecular flexibility index (Phi) is 3.62. The van der Waals surface area contributed by atoms with Crippen LogP contribution in [0.25, 0.3) is 0 Å². The van der Waals surface area contributed by atoms with Crippen LogP contribution in [0, 0.1) is 0 Å². The predicted molar refractivity (Wildman–Crippen MR) is 63.0 cm³/mol. The second kappa shape index (κ2) is 5.17. The van der Waals surface area contributed by atoms with Gasteiger partial charge in [-0.3, -0.25) is 0 Å². The summed E-state index contributed by atoms with van der Waals surface area (Å²) in [6, 6.07) is 9.27. The van der Waals surface area contributed by atoms with Gasteiger partial charge in [-0.15, -0.1) is 0 Å². The summed E-state index contributed by atoms with van der Waals surface area (Å²) < 4.78 is 5.35. The molecule has 1 aromatic rings. The molecule has 1 N–H and O–H groups in total. The molecule has 0 bridgehead atoms. The monoisotopic (exact) mass is 205 g/mol. The van der Waals surface area contributed by atoms with Gasteiger partial charge in [0.05, 0.1) is 6.61 Å². The lowest BCUT2D eigenvalue weighted by Crippen LogP contribution is -2.26. The highest BCUT2D eigenvalue weighted by Crippen LogP contribution is 2.23. The largest absolute Gasteiger partial charge is 0.382 e. The number of nitrogens with one attached hydrogen (secondary N) is 1. The van der Waals surface area contributed by atoms with Crippen molar-refractivity contribution in [2.45, 2.75) is 38.8 Å². The lowest BCUT2D eigenvalue weighted by Gasteiger charge is -2.27. The number of hydrogen-bond acceptors (Lipinski definition) is 2. The summed E-state index contributed by atoms with van der Waals surface area (Å²) in [6.07, 6.45) is 4.02. The molecule has 0 atom stereocenters. The van der Waals surface area contributed by atoms with Crippen LogP contribution in [-0.2, 0) is 11.3 Å². The second-order valence-electron chi connectivity index (χ2n) is 4.11. The predicted octanol–water partition coefficient (Wildman–Crippen LogP) is 3.19. The summed E-state index contributed by atoms with van der Waals surface area (Å²) in [7, 11) is 0. The van der Waals surface area contributed by atoms with Gasteiger partial charge in [0.15, 0.2) is 0 Å². The number of rotatable bonds is 5. The number of anilines is 1. The van der Waals surface area contributed by atoms with Crippen molar-refractivity contribution in [1.29, 1.82) is 0 Å². The molecule has 0 radical (unpaired) electrons. The average Bonchev–Trinajstić information content (AvgIpc) is 2.22. The van der Waals surface area contributed by atoms with Crippen molar-refractivity contribution < 1.29 is 4.74 Å². The highest BCUT2D eigenvalue weighted by atomic mass is 16.5. The number of ether oxygens (including phenoxy) is 1. The van der Waals surface area contributed by atoms with E-state index >= 15 is 0 Å². The molecule has 0 amide bonds. The van der Waals surface area contributed by atoms with E-state index in [-0.39, 0.29) is 0 Å². The summed E-state index contributed by atoms with van der Waals surface area (Å²) >= 11 is 0. The lowest BCUT2D eigenvalue weighted by atomic mass is 9.93. The Morgan fingerprint density at radius 1 is 1.27 bits per heavy atom. The second-order valence-corrected chi connectivity index (χ2v) is 4.11. The SMILES string of the molecule is CCOCc1ccc(NC2CCC2)cc1. The normalized spacial score (nSPS) is 16.1. The zero-order valence-corrected chi connectivity index (χ0v) is 9.33. The van der Waals surface area contributed by atoms with Crippen LogP contribution in [0.4, 0.5) is 5.69 Å². The van der Waals surface area contributed by atoms with Crippen molar-refractivity contribution >= 4 is 5.69 Å². The van der Waals surface area contributed by atoms with Crippen LogP contribution < -0.4 is 5.32 Å². The van der Waals surface area contributed by atoms with Crippen LogP contribution in [0.1, 0.15) is 31.7 Å². The standard InChI is InChI=1S/C13H19NO/c1-2-15-10-11-6-8-13(9-7-11)14-12-4-3-5-12/h6-9,12,14H,2-5,10H2,1H3. The van der Waals surface area contributed by atoms with Gasteiger partial charge in [-0.1, -0.05) is 12.1 Å². The van der Waals surface area contributed by atoms with Crippen molar-refractivity contribution in [3.8, 4) is 0 Å². The molecule has 15 heavy (non-hydrogen) atoms. The summed E-state index contributed by atoms with van der Waals surface area (Å²) in [5, 5.41) is 3.52. The van der Waals surface area contributed by atoms with Crippen molar-refractivity contribution in [2.24, 2.45) is 0 Å². The van der Waals surface area contributed by atoms with Crippen molar-refractivity contribution in [3.05, 3.63) is 29.8 Å². The topological polar surface area (TPSA) is 21.3 Å². The third kappa shape index (κ3) is 2.96. The third-order valence-electron chi connectivity index (χ3n) is 2.90. The van der Waals surface area contributed by atoms with Crippen molar-refractivity contribution in [2.75, 3.05) is 11.9 Å². The maximum absolute atomic E-state index is 5.35. The Balaban J connectivity index is 1.85. The first-order valence-electron chi connectivity index (χ1n) is 5.81. The molecule has 1 aromatic carbocycles. The maximum Gasteiger partial charge on any atom is 0.0716 e. The Bertz CT molecular complexity index is 290. The fraction of sp³-hybridized carbons (Fsp3) is 0.538. The van der Waals surface area contributed by atoms with E-state index in [9.17, 15) is 0 Å². The molecule has 0 saturated heterocycles. The van der Waals surface area contributed by atoms with Crippen LogP contribution in [0.5, 0.6) is 0 Å². The van der Waals surface area contributed by atoms with E-state index in [1.54, 1.807) is 0 Å². The van der Waals surface area contributed by atoms with Crippen LogP contribution in [0.2, 0.25) is 0 Å². The Morgan fingerprint density at radius 2 is 2.00 bits per heavy atom. The van der Waals surface area contributed by atoms with Gasteiger partial charge in [0.1, 0.15) is 0 Å². The van der Waals surface area contributed by atoms with Crippen molar-refractivity contribution in [3.63, 3.8) is 0 Å². The summed E-state index contributed by atoms with van der Waals surface area (Å²) in [5.41, 5.74) is 2.48. The first-order valence-corrected chi connectivity index (χ1v) is 5.81. The van der Waals surface area contributed by atoms with E-state index in [4.69, 9.17) is 4.74 Å². The van der Waals surface area contributed by atoms with Gasteiger partial charge in [0.2, 0.25) is 0 Å². The summed E-state index contributed by atoms with van der Waals surface area (Å²) in [4.78, 5) is 0. The van der Waals surface area contributed by atoms with Crippen LogP contribution in [0.3, 0.4) is 0 Å². The molecule has 1 fully saturated rings. The zero-order chi connectivity index (χ0) is 10.5. The average molecular weight is 205 g/mol. The Hall–Kier alpha value is -1.02. The van der Waals surface area contributed by atoms with Gasteiger partial charge in [-0.2, -0.15) is 0 Å². The molecule has 0 aromatic heterocycles. The molecule has 1 saturated carbocycles. The first-order chi connectivity index (χ1) is 7.38. The Labute approximate surface area is 91.6 Å². The molecular formula is C13H19NO. The summed E-state index contributed by atoms with van der Waals surface area (Å²) in [5.74, 6) is 0. The molecule has 0 spiro atoms. The fourth-order valence-corrected chi connectivity index (χ4v) is 1.71. The minimum atomic E-state index is 0.711. The van der Waals surface area contributed by atoms with E-state index in [0.717, 1.165) is 13.2 Å². The van der Waals surface area contributed by atoms with E-state index < -0.39 is 0 Å². The lowest BCUT2D eigenvalue weighted by molar-refractivity contribution is 0.134. The summed E-state index contributed by atoms with van der Waals surface area (Å²) in [6.45, 7) is 3.52. The zero-order valence-electron chi connectivity index (χ0n) is 9.33. The fourth-order valence-electron chi connectivity index (χ4n) is 1.71. The van der Waals surface area contributed by atoms with Gasteiger partial charge in [-0.05, 0) is 43.9 Å². The maximum atomic E-state index is 5.35. The molecule has 2 rings (SSSR count). The van der Waals surface area contributed by atoms with E-state index in [2.05, 4.69) is 29.6 Å². The van der Waals surface area contributed by atoms with Gasteiger partial charge in [-0.25, -0.2) is 0 Å². The van der Waals surface area contributed by atoms with E-state index in [1.807, 2.05) is 6.92 Å². The molecule has 2 heteroatoms. The third-order valence-corrected chi connectivity index (χ3v) is 2.90. The molecule has 2 nitrogen and oxygen atoms in total.